The Labute approximate surface area is 174 Å². The highest BCUT2D eigenvalue weighted by Crippen LogP contribution is 2.13. The lowest BCUT2D eigenvalue weighted by Crippen LogP contribution is -2.46. The van der Waals surface area contributed by atoms with E-state index in [-0.39, 0.29) is 24.8 Å². The number of hydrogen-bond donors (Lipinski definition) is 2. The first-order chi connectivity index (χ1) is 13.6. The lowest BCUT2D eigenvalue weighted by molar-refractivity contribution is -0.129. The van der Waals surface area contributed by atoms with Crippen LogP contribution >= 0.6 is 0 Å². The standard InChI is InChI=1S/C21H36N4O4/c1-21(2,3)25(20(28)29)17-11-18(26)22-12-9-10-19(27)23(4)13-5-6-14-24-15-7-8-16-24/h7-17H2,1-4H3,(H,22,26)(H,28,29). The summed E-state index contributed by atoms with van der Waals surface area (Å²) < 4.78 is 0. The molecule has 0 radical (unpaired) electrons. The van der Waals surface area contributed by atoms with Gasteiger partial charge in [-0.25, -0.2) is 4.79 Å². The monoisotopic (exact) mass is 408 g/mol. The van der Waals surface area contributed by atoms with Crippen LogP contribution in [0.2, 0.25) is 0 Å². The molecule has 1 aliphatic rings. The van der Waals surface area contributed by atoms with Crippen molar-refractivity contribution in [3.8, 4) is 11.8 Å². The number of carbonyl (C=O) groups is 3. The van der Waals surface area contributed by atoms with Crippen LogP contribution in [0.5, 0.6) is 0 Å². The minimum absolute atomic E-state index is 0.000457. The topological polar surface area (TPSA) is 93.2 Å². The van der Waals surface area contributed by atoms with Crippen LogP contribution in [-0.2, 0) is 9.59 Å². The lowest BCUT2D eigenvalue weighted by atomic mass is 10.1. The first-order valence-corrected chi connectivity index (χ1v) is 10.3. The molecule has 2 N–H and O–H groups in total. The summed E-state index contributed by atoms with van der Waals surface area (Å²) in [7, 11) is 1.73. The number of nitrogens with one attached hydrogen (secondary N) is 1. The highest BCUT2D eigenvalue weighted by molar-refractivity contribution is 5.77. The maximum Gasteiger partial charge on any atom is 0.407 e. The maximum absolute atomic E-state index is 12.1. The average Bonchev–Trinajstić information content (AvgIpc) is 3.14. The first kappa shape index (κ1) is 24.8. The van der Waals surface area contributed by atoms with Crippen LogP contribution in [0.4, 0.5) is 4.79 Å². The molecule has 0 aromatic heterocycles. The molecule has 1 aliphatic heterocycles. The Bertz CT molecular complexity index is 612. The largest absolute Gasteiger partial charge is 0.465 e. The van der Waals surface area contributed by atoms with E-state index in [1.54, 1.807) is 32.7 Å². The van der Waals surface area contributed by atoms with Crippen molar-refractivity contribution < 1.29 is 19.5 Å². The first-order valence-electron chi connectivity index (χ1n) is 10.3. The highest BCUT2D eigenvalue weighted by Gasteiger charge is 2.26. The quantitative estimate of drug-likeness (QED) is 0.447. The van der Waals surface area contributed by atoms with E-state index in [9.17, 15) is 19.5 Å². The summed E-state index contributed by atoms with van der Waals surface area (Å²) in [5.74, 6) is 5.94. The Morgan fingerprint density at radius 1 is 1.10 bits per heavy atom. The van der Waals surface area contributed by atoms with Gasteiger partial charge in [0.15, 0.2) is 0 Å². The van der Waals surface area contributed by atoms with Crippen LogP contribution in [-0.4, -0.2) is 89.6 Å². The lowest BCUT2D eigenvalue weighted by Gasteiger charge is -2.32. The molecule has 1 fully saturated rings. The van der Waals surface area contributed by atoms with Gasteiger partial charge in [-0.05, 0) is 53.1 Å². The summed E-state index contributed by atoms with van der Waals surface area (Å²) in [6, 6.07) is 0. The van der Waals surface area contributed by atoms with Crippen molar-refractivity contribution in [1.82, 2.24) is 20.0 Å². The summed E-state index contributed by atoms with van der Waals surface area (Å²) in [5, 5.41) is 12.0. The fourth-order valence-corrected chi connectivity index (χ4v) is 3.05. The van der Waals surface area contributed by atoms with Crippen molar-refractivity contribution in [3.63, 3.8) is 0 Å². The van der Waals surface area contributed by atoms with Gasteiger partial charge in [-0.1, -0.05) is 11.8 Å². The van der Waals surface area contributed by atoms with Crippen LogP contribution in [0.25, 0.3) is 0 Å². The molecule has 29 heavy (non-hydrogen) atoms. The van der Waals surface area contributed by atoms with Crippen LogP contribution in [0.3, 0.4) is 0 Å². The van der Waals surface area contributed by atoms with Crippen molar-refractivity contribution in [2.75, 3.05) is 46.3 Å². The molecule has 0 saturated carbocycles. The van der Waals surface area contributed by atoms with Crippen LogP contribution in [0.15, 0.2) is 0 Å². The Hall–Kier alpha value is -2.27. The van der Waals surface area contributed by atoms with E-state index in [0.29, 0.717) is 25.9 Å². The van der Waals surface area contributed by atoms with Crippen LogP contribution in [0.1, 0.15) is 52.9 Å². The maximum atomic E-state index is 12.1. The molecule has 0 unspecified atom stereocenters. The van der Waals surface area contributed by atoms with Crippen molar-refractivity contribution >= 4 is 17.9 Å². The molecule has 1 heterocycles. The molecular formula is C21H36N4O4. The number of hydrogen-bond acceptors (Lipinski definition) is 4. The average molecular weight is 409 g/mol. The van der Waals surface area contributed by atoms with Gasteiger partial charge in [0, 0.05) is 38.5 Å². The Morgan fingerprint density at radius 3 is 2.34 bits per heavy atom. The molecule has 1 rings (SSSR count). The van der Waals surface area contributed by atoms with E-state index in [1.165, 1.54) is 17.7 Å². The van der Waals surface area contributed by atoms with E-state index >= 15 is 0 Å². The fourth-order valence-electron chi connectivity index (χ4n) is 3.05. The summed E-state index contributed by atoms with van der Waals surface area (Å²) in [6.07, 6.45) is 2.42. The Balaban J connectivity index is 2.17. The van der Waals surface area contributed by atoms with Gasteiger partial charge in [0.05, 0.1) is 13.1 Å². The number of nitrogens with zero attached hydrogens (tertiary/aromatic N) is 3. The van der Waals surface area contributed by atoms with Crippen molar-refractivity contribution in [1.29, 1.82) is 0 Å². The normalized spacial score (nSPS) is 14.1. The number of likely N-dealkylation sites (tertiary alicyclic amines) is 1. The molecule has 3 amide bonds. The second kappa shape index (κ2) is 12.3. The zero-order valence-corrected chi connectivity index (χ0v) is 18.3. The predicted molar refractivity (Wildman–Crippen MR) is 112 cm³/mol. The molecule has 0 spiro atoms. The minimum Gasteiger partial charge on any atom is -0.465 e. The van der Waals surface area contributed by atoms with Crippen molar-refractivity contribution in [2.45, 2.75) is 58.4 Å². The minimum atomic E-state index is -1.04. The summed E-state index contributed by atoms with van der Waals surface area (Å²) in [6.45, 7) is 9.30. The molecule has 0 bridgehead atoms. The number of carbonyl (C=O) groups excluding carboxylic acids is 2. The molecule has 0 aromatic carbocycles. The van der Waals surface area contributed by atoms with Crippen molar-refractivity contribution in [3.05, 3.63) is 0 Å². The number of rotatable bonds is 9. The summed E-state index contributed by atoms with van der Waals surface area (Å²) in [4.78, 5) is 40.4. The number of carboxylic acid groups (broad SMARTS) is 1. The summed E-state index contributed by atoms with van der Waals surface area (Å²) >= 11 is 0. The van der Waals surface area contributed by atoms with Crippen LogP contribution in [0, 0.1) is 11.8 Å². The van der Waals surface area contributed by atoms with E-state index < -0.39 is 11.6 Å². The van der Waals surface area contributed by atoms with Crippen LogP contribution < -0.4 is 5.32 Å². The van der Waals surface area contributed by atoms with Gasteiger partial charge in [-0.2, -0.15) is 0 Å². The fraction of sp³-hybridized carbons (Fsp3) is 0.762. The zero-order chi connectivity index (χ0) is 21.9. The van der Waals surface area contributed by atoms with E-state index in [0.717, 1.165) is 19.6 Å². The van der Waals surface area contributed by atoms with Gasteiger partial charge in [-0.3, -0.25) is 14.5 Å². The third-order valence-electron chi connectivity index (χ3n) is 4.86. The third kappa shape index (κ3) is 10.2. The number of amides is 3. The van der Waals surface area contributed by atoms with Gasteiger partial charge < -0.3 is 20.2 Å². The molecule has 1 saturated heterocycles. The molecule has 8 nitrogen and oxygen atoms in total. The van der Waals surface area contributed by atoms with Gasteiger partial charge in [0.25, 0.3) is 0 Å². The predicted octanol–water partition coefficient (Wildman–Crippen LogP) is 1.61. The molecular weight excluding hydrogens is 372 g/mol. The smallest absolute Gasteiger partial charge is 0.407 e. The van der Waals surface area contributed by atoms with Gasteiger partial charge in [0.2, 0.25) is 11.8 Å². The molecule has 0 aliphatic carbocycles. The van der Waals surface area contributed by atoms with Crippen molar-refractivity contribution in [2.24, 2.45) is 0 Å². The molecule has 8 heteroatoms. The Morgan fingerprint density at radius 2 is 1.76 bits per heavy atom. The van der Waals surface area contributed by atoms with E-state index in [1.807, 2.05) is 0 Å². The zero-order valence-electron chi connectivity index (χ0n) is 18.3. The van der Waals surface area contributed by atoms with E-state index in [4.69, 9.17) is 0 Å². The third-order valence-corrected chi connectivity index (χ3v) is 4.86. The van der Waals surface area contributed by atoms with Gasteiger partial charge in [-0.15, -0.1) is 0 Å². The van der Waals surface area contributed by atoms with Gasteiger partial charge in [0.1, 0.15) is 0 Å². The molecule has 0 atom stereocenters. The second-order valence-electron chi connectivity index (χ2n) is 8.40. The Kier molecular flexibility index (Phi) is 10.5. The SMILES string of the molecule is CN(CC#CCN1CCCC1)C(=O)CCCNC(=O)CCN(C(=O)O)C(C)(C)C. The second-order valence-corrected chi connectivity index (χ2v) is 8.40. The highest BCUT2D eigenvalue weighted by atomic mass is 16.4. The summed E-state index contributed by atoms with van der Waals surface area (Å²) in [5.41, 5.74) is -0.555. The van der Waals surface area contributed by atoms with E-state index in [2.05, 4.69) is 22.1 Å². The molecule has 164 valence electrons. The van der Waals surface area contributed by atoms with Gasteiger partial charge >= 0.3 is 6.09 Å². The molecule has 0 aromatic rings.